The van der Waals surface area contributed by atoms with Gasteiger partial charge in [0, 0.05) is 41.3 Å². The molecule has 0 saturated carbocycles. The van der Waals surface area contributed by atoms with Gasteiger partial charge in [0.1, 0.15) is 0 Å². The molecule has 1 aliphatic rings. The number of hydrogen-bond acceptors (Lipinski definition) is 4. The second-order valence-electron chi connectivity index (χ2n) is 6.52. The van der Waals surface area contributed by atoms with E-state index in [2.05, 4.69) is 5.10 Å². The summed E-state index contributed by atoms with van der Waals surface area (Å²) in [5, 5.41) is 17.7. The van der Waals surface area contributed by atoms with Crippen molar-refractivity contribution in [2.24, 2.45) is 5.10 Å². The van der Waals surface area contributed by atoms with Crippen molar-refractivity contribution in [2.75, 3.05) is 5.01 Å². The van der Waals surface area contributed by atoms with Gasteiger partial charge in [-0.05, 0) is 38.1 Å². The van der Waals surface area contributed by atoms with Gasteiger partial charge in [-0.1, -0.05) is 18.2 Å². The molecule has 28 heavy (non-hydrogen) atoms. The van der Waals surface area contributed by atoms with Crippen molar-refractivity contribution in [3.05, 3.63) is 76.0 Å². The number of anilines is 1. The molecule has 0 spiro atoms. The second-order valence-corrected chi connectivity index (χ2v) is 6.52. The van der Waals surface area contributed by atoms with Crippen LogP contribution >= 0.6 is 0 Å². The molecule has 3 aromatic rings. The van der Waals surface area contributed by atoms with E-state index in [-0.39, 0.29) is 11.6 Å². The average Bonchev–Trinajstić information content (AvgIpc) is 3.20. The SMILES string of the molecule is CCn1cc(/C=C2/C(=O)N(c3ccccc3)N=C2C)c2cc([N+](=O)[O-])ccc21. The van der Waals surface area contributed by atoms with E-state index in [4.69, 9.17) is 0 Å². The second kappa shape index (κ2) is 6.77. The number of para-hydroxylation sites is 1. The minimum Gasteiger partial charge on any atom is -0.347 e. The first kappa shape index (κ1) is 17.7. The molecule has 4 rings (SSSR count). The maximum Gasteiger partial charge on any atom is 0.280 e. The summed E-state index contributed by atoms with van der Waals surface area (Å²) in [6, 6.07) is 14.0. The Balaban J connectivity index is 1.81. The summed E-state index contributed by atoms with van der Waals surface area (Å²) in [7, 11) is 0. The largest absolute Gasteiger partial charge is 0.347 e. The molecule has 0 atom stereocenters. The fourth-order valence-electron chi connectivity index (χ4n) is 3.39. The Kier molecular flexibility index (Phi) is 4.27. The Morgan fingerprint density at radius 1 is 1.18 bits per heavy atom. The number of fused-ring (bicyclic) bond motifs is 1. The quantitative estimate of drug-likeness (QED) is 0.386. The molecule has 1 aliphatic heterocycles. The van der Waals surface area contributed by atoms with Crippen molar-refractivity contribution in [3.8, 4) is 0 Å². The average molecular weight is 374 g/mol. The third-order valence-electron chi connectivity index (χ3n) is 4.81. The van der Waals surface area contributed by atoms with E-state index in [1.807, 2.05) is 48.0 Å². The molecule has 0 fully saturated rings. The van der Waals surface area contributed by atoms with Crippen LogP contribution < -0.4 is 5.01 Å². The fraction of sp³-hybridized carbons (Fsp3) is 0.143. The van der Waals surface area contributed by atoms with Crippen LogP contribution in [0.3, 0.4) is 0 Å². The maximum atomic E-state index is 12.9. The smallest absolute Gasteiger partial charge is 0.280 e. The highest BCUT2D eigenvalue weighted by Crippen LogP contribution is 2.30. The minimum absolute atomic E-state index is 0.0232. The van der Waals surface area contributed by atoms with Crippen LogP contribution in [0, 0.1) is 10.1 Å². The van der Waals surface area contributed by atoms with Crippen LogP contribution in [0.1, 0.15) is 19.4 Å². The summed E-state index contributed by atoms with van der Waals surface area (Å²) >= 11 is 0. The maximum absolute atomic E-state index is 12.9. The number of nitro benzene ring substituents is 1. The lowest BCUT2D eigenvalue weighted by molar-refractivity contribution is -0.384. The third kappa shape index (κ3) is 2.87. The third-order valence-corrected chi connectivity index (χ3v) is 4.81. The highest BCUT2D eigenvalue weighted by atomic mass is 16.6. The number of nitro groups is 1. The Bertz CT molecular complexity index is 1160. The molecule has 2 heterocycles. The number of nitrogens with zero attached hydrogens (tertiary/aromatic N) is 4. The molecular formula is C21H18N4O3. The van der Waals surface area contributed by atoms with Crippen LogP contribution in [-0.4, -0.2) is 21.1 Å². The van der Waals surface area contributed by atoms with Crippen molar-refractivity contribution in [1.29, 1.82) is 0 Å². The van der Waals surface area contributed by atoms with Crippen molar-refractivity contribution < 1.29 is 9.72 Å². The van der Waals surface area contributed by atoms with Crippen LogP contribution in [0.25, 0.3) is 17.0 Å². The van der Waals surface area contributed by atoms with E-state index < -0.39 is 4.92 Å². The van der Waals surface area contributed by atoms with Gasteiger partial charge in [0.15, 0.2) is 0 Å². The van der Waals surface area contributed by atoms with Crippen LogP contribution in [0.4, 0.5) is 11.4 Å². The van der Waals surface area contributed by atoms with Crippen molar-refractivity contribution in [2.45, 2.75) is 20.4 Å². The summed E-state index contributed by atoms with van der Waals surface area (Å²) in [4.78, 5) is 23.7. The number of carbonyl (C=O) groups is 1. The molecule has 7 heteroatoms. The van der Waals surface area contributed by atoms with E-state index in [1.54, 1.807) is 25.1 Å². The van der Waals surface area contributed by atoms with Crippen molar-refractivity contribution in [3.63, 3.8) is 0 Å². The summed E-state index contributed by atoms with van der Waals surface area (Å²) < 4.78 is 2.01. The summed E-state index contributed by atoms with van der Waals surface area (Å²) in [6.07, 6.45) is 3.68. The topological polar surface area (TPSA) is 80.7 Å². The van der Waals surface area contributed by atoms with E-state index in [0.29, 0.717) is 23.5 Å². The van der Waals surface area contributed by atoms with Crippen molar-refractivity contribution >= 4 is 40.0 Å². The zero-order valence-corrected chi connectivity index (χ0v) is 15.5. The number of amides is 1. The van der Waals surface area contributed by atoms with Crippen LogP contribution in [0.2, 0.25) is 0 Å². The Morgan fingerprint density at radius 3 is 2.61 bits per heavy atom. The van der Waals surface area contributed by atoms with Gasteiger partial charge in [-0.2, -0.15) is 10.1 Å². The van der Waals surface area contributed by atoms with Gasteiger partial charge in [-0.3, -0.25) is 14.9 Å². The molecule has 2 aromatic carbocycles. The Labute approximate surface area is 161 Å². The number of aryl methyl sites for hydroxylation is 1. The van der Waals surface area contributed by atoms with Gasteiger partial charge in [0.25, 0.3) is 11.6 Å². The zero-order valence-electron chi connectivity index (χ0n) is 15.5. The first-order valence-corrected chi connectivity index (χ1v) is 8.93. The van der Waals surface area contributed by atoms with Gasteiger partial charge in [0.05, 0.1) is 21.9 Å². The van der Waals surface area contributed by atoms with E-state index >= 15 is 0 Å². The summed E-state index contributed by atoms with van der Waals surface area (Å²) in [5.41, 5.74) is 3.45. The molecule has 0 bridgehead atoms. The lowest BCUT2D eigenvalue weighted by Crippen LogP contribution is -2.21. The molecule has 0 radical (unpaired) electrons. The lowest BCUT2D eigenvalue weighted by atomic mass is 10.1. The van der Waals surface area contributed by atoms with E-state index in [1.165, 1.54) is 11.1 Å². The number of non-ortho nitro benzene ring substituents is 1. The zero-order chi connectivity index (χ0) is 19.8. The summed E-state index contributed by atoms with van der Waals surface area (Å²) in [5.74, 6) is -0.216. The van der Waals surface area contributed by atoms with Crippen LogP contribution in [-0.2, 0) is 11.3 Å². The fourth-order valence-corrected chi connectivity index (χ4v) is 3.39. The number of rotatable bonds is 4. The predicted octanol–water partition coefficient (Wildman–Crippen LogP) is 4.38. The highest BCUT2D eigenvalue weighted by Gasteiger charge is 2.29. The van der Waals surface area contributed by atoms with E-state index in [0.717, 1.165) is 16.5 Å². The van der Waals surface area contributed by atoms with Gasteiger partial charge in [-0.15, -0.1) is 0 Å². The van der Waals surface area contributed by atoms with E-state index in [9.17, 15) is 14.9 Å². The standard InChI is InChI=1S/C21H18N4O3/c1-3-23-13-15(19-12-17(25(27)28)9-10-20(19)23)11-18-14(2)22-24(21(18)26)16-7-5-4-6-8-16/h4-13H,3H2,1-2H3/b18-11+. The minimum atomic E-state index is -0.412. The molecule has 140 valence electrons. The highest BCUT2D eigenvalue weighted by molar-refractivity contribution is 6.32. The van der Waals surface area contributed by atoms with Gasteiger partial charge < -0.3 is 4.57 Å². The number of hydrogen-bond donors (Lipinski definition) is 0. The molecular weight excluding hydrogens is 356 g/mol. The number of aromatic nitrogens is 1. The monoisotopic (exact) mass is 374 g/mol. The summed E-state index contributed by atoms with van der Waals surface area (Å²) in [6.45, 7) is 4.51. The molecule has 0 unspecified atom stereocenters. The molecule has 0 saturated heterocycles. The molecule has 7 nitrogen and oxygen atoms in total. The predicted molar refractivity (Wildman–Crippen MR) is 109 cm³/mol. The molecule has 1 aromatic heterocycles. The van der Waals surface area contributed by atoms with Crippen LogP contribution in [0.5, 0.6) is 0 Å². The first-order valence-electron chi connectivity index (χ1n) is 8.93. The number of carbonyl (C=O) groups excluding carboxylic acids is 1. The molecule has 0 N–H and O–H groups in total. The molecule has 0 aliphatic carbocycles. The normalized spacial score (nSPS) is 15.5. The van der Waals surface area contributed by atoms with Gasteiger partial charge in [-0.25, -0.2) is 0 Å². The number of hydrazone groups is 1. The van der Waals surface area contributed by atoms with Crippen molar-refractivity contribution in [1.82, 2.24) is 4.57 Å². The van der Waals surface area contributed by atoms with Crippen LogP contribution in [0.15, 0.2) is 65.4 Å². The lowest BCUT2D eigenvalue weighted by Gasteiger charge is -2.10. The van der Waals surface area contributed by atoms with Gasteiger partial charge in [0.2, 0.25) is 0 Å². The Morgan fingerprint density at radius 2 is 1.93 bits per heavy atom. The Hall–Kier alpha value is -3.74. The first-order chi connectivity index (χ1) is 13.5. The number of benzene rings is 2. The van der Waals surface area contributed by atoms with Gasteiger partial charge >= 0.3 is 0 Å². The molecule has 1 amide bonds.